The Kier molecular flexibility index (Phi) is 3.77. The maximum atomic E-state index is 11.9. The van der Waals surface area contributed by atoms with Crippen molar-refractivity contribution in [3.05, 3.63) is 27.1 Å². The first-order valence-corrected chi connectivity index (χ1v) is 6.65. The minimum absolute atomic E-state index is 0.0505. The van der Waals surface area contributed by atoms with Crippen LogP contribution in [0.15, 0.2) is 21.4 Å². The van der Waals surface area contributed by atoms with Gasteiger partial charge < -0.3 is 21.0 Å². The average molecular weight is 327 g/mol. The molecular weight excluding hydrogens is 312 g/mol. The smallest absolute Gasteiger partial charge is 0.323 e. The van der Waals surface area contributed by atoms with E-state index in [2.05, 4.69) is 31.2 Å². The molecule has 6 nitrogen and oxygen atoms in total. The summed E-state index contributed by atoms with van der Waals surface area (Å²) in [5, 5.41) is 2.75. The first-order valence-electron chi connectivity index (χ1n) is 5.86. The van der Waals surface area contributed by atoms with Gasteiger partial charge in [0.25, 0.3) is 0 Å². The zero-order valence-corrected chi connectivity index (χ0v) is 12.2. The topological polar surface area (TPSA) is 104 Å². The van der Waals surface area contributed by atoms with Crippen LogP contribution >= 0.6 is 15.9 Å². The average Bonchev–Trinajstić information content (AvgIpc) is 2.67. The van der Waals surface area contributed by atoms with Crippen molar-refractivity contribution in [3.63, 3.8) is 0 Å². The molecule has 1 atom stereocenters. The predicted octanol–water partition coefficient (Wildman–Crippen LogP) is 1.54. The summed E-state index contributed by atoms with van der Waals surface area (Å²) in [6, 6.07) is 2.83. The number of nitrogens with two attached hydrogens (primary N) is 1. The Hall–Kier alpha value is -1.60. The molecule has 1 amide bonds. The van der Waals surface area contributed by atoms with Crippen LogP contribution in [0.1, 0.15) is 13.8 Å². The van der Waals surface area contributed by atoms with Crippen LogP contribution in [0.5, 0.6) is 0 Å². The molecule has 1 aromatic heterocycles. The zero-order chi connectivity index (χ0) is 14.2. The molecule has 1 aromatic carbocycles. The number of amides is 1. The molecule has 102 valence electrons. The number of hydrogen-bond donors (Lipinski definition) is 4. The van der Waals surface area contributed by atoms with Crippen LogP contribution in [0.2, 0.25) is 0 Å². The molecule has 5 N–H and O–H groups in total. The SMILES string of the molecule is CC(C)[C@@H](N)C(=O)Nc1cc2[nH]c(=O)[nH]c2cc1Br. The number of aromatic amines is 2. The molecular formula is C12H15BrN4O2. The van der Waals surface area contributed by atoms with Gasteiger partial charge in [-0.1, -0.05) is 13.8 Å². The van der Waals surface area contributed by atoms with E-state index >= 15 is 0 Å². The van der Waals surface area contributed by atoms with Crippen molar-refractivity contribution in [2.75, 3.05) is 5.32 Å². The van der Waals surface area contributed by atoms with Gasteiger partial charge in [0.05, 0.1) is 22.8 Å². The number of anilines is 1. The molecule has 0 unspecified atom stereocenters. The molecule has 2 rings (SSSR count). The first kappa shape index (κ1) is 13.8. The van der Waals surface area contributed by atoms with Crippen LogP contribution in [0.3, 0.4) is 0 Å². The summed E-state index contributed by atoms with van der Waals surface area (Å²) < 4.78 is 0.680. The van der Waals surface area contributed by atoms with Crippen molar-refractivity contribution in [2.45, 2.75) is 19.9 Å². The third-order valence-corrected chi connectivity index (χ3v) is 3.54. The Balaban J connectivity index is 2.32. The van der Waals surface area contributed by atoms with Crippen LogP contribution in [0, 0.1) is 5.92 Å². The Morgan fingerprint density at radius 1 is 1.32 bits per heavy atom. The summed E-state index contributed by atoms with van der Waals surface area (Å²) in [6.07, 6.45) is 0. The minimum Gasteiger partial charge on any atom is -0.324 e. The third-order valence-electron chi connectivity index (χ3n) is 2.88. The van der Waals surface area contributed by atoms with Crippen molar-refractivity contribution in [1.82, 2.24) is 9.97 Å². The first-order chi connectivity index (χ1) is 8.88. The van der Waals surface area contributed by atoms with Crippen molar-refractivity contribution < 1.29 is 4.79 Å². The summed E-state index contributed by atoms with van der Waals surface area (Å²) in [5.41, 5.74) is 7.36. The number of rotatable bonds is 3. The van der Waals surface area contributed by atoms with E-state index in [4.69, 9.17) is 5.73 Å². The highest BCUT2D eigenvalue weighted by Gasteiger charge is 2.18. The van der Waals surface area contributed by atoms with E-state index in [1.165, 1.54) is 0 Å². The summed E-state index contributed by atoms with van der Waals surface area (Å²) in [5.74, 6) is -0.206. The second-order valence-corrected chi connectivity index (χ2v) is 5.57. The second-order valence-electron chi connectivity index (χ2n) is 4.72. The number of benzene rings is 1. The van der Waals surface area contributed by atoms with Gasteiger partial charge in [0, 0.05) is 4.47 Å². The van der Waals surface area contributed by atoms with E-state index in [9.17, 15) is 9.59 Å². The normalized spacial score (nSPS) is 12.9. The minimum atomic E-state index is -0.576. The number of aromatic nitrogens is 2. The summed E-state index contributed by atoms with van der Waals surface area (Å²) in [7, 11) is 0. The summed E-state index contributed by atoms with van der Waals surface area (Å²) in [6.45, 7) is 3.76. The standard InChI is InChI=1S/C12H15BrN4O2/c1-5(2)10(14)11(18)15-7-4-9-8(3-6(7)13)16-12(19)17-9/h3-5,10H,14H2,1-2H3,(H,15,18)(H2,16,17,19)/t10-/m1/s1. The van der Waals surface area contributed by atoms with E-state index in [1.807, 2.05) is 13.8 Å². The second kappa shape index (κ2) is 5.18. The van der Waals surface area contributed by atoms with Gasteiger partial charge in [0.1, 0.15) is 0 Å². The Bertz CT molecular complexity index is 674. The number of fused-ring (bicyclic) bond motifs is 1. The van der Waals surface area contributed by atoms with E-state index < -0.39 is 6.04 Å². The fourth-order valence-corrected chi connectivity index (χ4v) is 2.11. The third kappa shape index (κ3) is 2.87. The molecule has 2 aromatic rings. The monoisotopic (exact) mass is 326 g/mol. The Morgan fingerprint density at radius 2 is 1.89 bits per heavy atom. The van der Waals surface area contributed by atoms with E-state index in [0.717, 1.165) is 0 Å². The lowest BCUT2D eigenvalue weighted by atomic mass is 10.0. The molecule has 19 heavy (non-hydrogen) atoms. The van der Waals surface area contributed by atoms with Gasteiger partial charge in [-0.3, -0.25) is 4.79 Å². The van der Waals surface area contributed by atoms with Gasteiger partial charge in [-0.2, -0.15) is 0 Å². The summed E-state index contributed by atoms with van der Waals surface area (Å²) >= 11 is 3.35. The molecule has 0 aliphatic heterocycles. The number of carbonyl (C=O) groups is 1. The molecule has 0 aliphatic carbocycles. The number of nitrogens with one attached hydrogen (secondary N) is 3. The molecule has 7 heteroatoms. The van der Waals surface area contributed by atoms with Crippen molar-refractivity contribution in [1.29, 1.82) is 0 Å². The molecule has 0 saturated heterocycles. The Morgan fingerprint density at radius 3 is 2.47 bits per heavy atom. The molecule has 0 radical (unpaired) electrons. The van der Waals surface area contributed by atoms with Crippen LogP contribution in [-0.2, 0) is 4.79 Å². The lowest BCUT2D eigenvalue weighted by molar-refractivity contribution is -0.118. The highest BCUT2D eigenvalue weighted by molar-refractivity contribution is 9.10. The number of H-pyrrole nitrogens is 2. The number of hydrogen-bond acceptors (Lipinski definition) is 3. The van der Waals surface area contributed by atoms with Gasteiger partial charge in [-0.05, 0) is 34.0 Å². The van der Waals surface area contributed by atoms with Crippen molar-refractivity contribution in [2.24, 2.45) is 11.7 Å². The quantitative estimate of drug-likeness (QED) is 0.687. The van der Waals surface area contributed by atoms with E-state index in [0.29, 0.717) is 21.2 Å². The number of carbonyl (C=O) groups excluding carboxylic acids is 1. The predicted molar refractivity (Wildman–Crippen MR) is 78.1 cm³/mol. The van der Waals surface area contributed by atoms with Crippen LogP contribution in [0.4, 0.5) is 5.69 Å². The molecule has 0 spiro atoms. The molecule has 0 bridgehead atoms. The lowest BCUT2D eigenvalue weighted by Crippen LogP contribution is -2.39. The van der Waals surface area contributed by atoms with Gasteiger partial charge >= 0.3 is 5.69 Å². The maximum absolute atomic E-state index is 11.9. The zero-order valence-electron chi connectivity index (χ0n) is 10.6. The number of imidazole rings is 1. The summed E-state index contributed by atoms with van der Waals surface area (Å²) in [4.78, 5) is 28.4. The van der Waals surface area contributed by atoms with Crippen molar-refractivity contribution in [3.8, 4) is 0 Å². The molecule has 0 saturated carbocycles. The highest BCUT2D eigenvalue weighted by Crippen LogP contribution is 2.26. The fourth-order valence-electron chi connectivity index (χ4n) is 1.67. The molecule has 1 heterocycles. The lowest BCUT2D eigenvalue weighted by Gasteiger charge is -2.16. The number of halogens is 1. The largest absolute Gasteiger partial charge is 0.324 e. The fraction of sp³-hybridized carbons (Fsp3) is 0.333. The van der Waals surface area contributed by atoms with E-state index in [1.54, 1.807) is 12.1 Å². The van der Waals surface area contributed by atoms with Crippen LogP contribution in [0.25, 0.3) is 11.0 Å². The van der Waals surface area contributed by atoms with Gasteiger partial charge in [-0.25, -0.2) is 4.79 Å². The van der Waals surface area contributed by atoms with Gasteiger partial charge in [-0.15, -0.1) is 0 Å². The maximum Gasteiger partial charge on any atom is 0.323 e. The van der Waals surface area contributed by atoms with Crippen LogP contribution < -0.4 is 16.7 Å². The van der Waals surface area contributed by atoms with Crippen LogP contribution in [-0.4, -0.2) is 21.9 Å². The van der Waals surface area contributed by atoms with Crippen molar-refractivity contribution >= 4 is 38.6 Å². The highest BCUT2D eigenvalue weighted by atomic mass is 79.9. The molecule has 0 fully saturated rings. The van der Waals surface area contributed by atoms with Gasteiger partial charge in [0.15, 0.2) is 0 Å². The van der Waals surface area contributed by atoms with E-state index in [-0.39, 0.29) is 17.5 Å². The van der Waals surface area contributed by atoms with Gasteiger partial charge in [0.2, 0.25) is 5.91 Å². The molecule has 0 aliphatic rings. The Labute approximate surface area is 117 Å².